The van der Waals surface area contributed by atoms with E-state index in [-0.39, 0.29) is 18.3 Å². The number of hydrogen-bond donors (Lipinski definition) is 1. The second-order valence-corrected chi connectivity index (χ2v) is 7.06. The van der Waals surface area contributed by atoms with Crippen molar-refractivity contribution in [2.45, 2.75) is 24.0 Å². The van der Waals surface area contributed by atoms with Crippen molar-refractivity contribution in [3.63, 3.8) is 0 Å². The molecule has 0 fully saturated rings. The Morgan fingerprint density at radius 3 is 3.00 bits per heavy atom. The second-order valence-electron chi connectivity index (χ2n) is 6.12. The molecule has 1 amide bonds. The Bertz CT molecular complexity index is 1090. The molecule has 0 unspecified atom stereocenters. The van der Waals surface area contributed by atoms with Crippen LogP contribution < -0.4 is 5.32 Å². The Kier molecular flexibility index (Phi) is 5.38. The third-order valence-electron chi connectivity index (χ3n) is 4.11. The molecule has 1 aromatic carbocycles. The summed E-state index contributed by atoms with van der Waals surface area (Å²) in [7, 11) is 0. The number of imidazole rings is 1. The molecule has 1 N–H and O–H groups in total. The first-order valence-electron chi connectivity index (χ1n) is 8.65. The number of carbonyl (C=O) groups excluding carboxylic acids is 1. The van der Waals surface area contributed by atoms with E-state index >= 15 is 0 Å². The van der Waals surface area contributed by atoms with E-state index in [0.29, 0.717) is 23.2 Å². The van der Waals surface area contributed by atoms with Crippen molar-refractivity contribution >= 4 is 28.7 Å². The molecule has 4 aromatic rings. The summed E-state index contributed by atoms with van der Waals surface area (Å²) in [6, 6.07) is 11.8. The van der Waals surface area contributed by atoms with E-state index in [2.05, 4.69) is 15.3 Å². The number of nitrogens with zero attached hydrogens (tertiary/aromatic N) is 3. The summed E-state index contributed by atoms with van der Waals surface area (Å²) in [6.45, 7) is 0.427. The van der Waals surface area contributed by atoms with Crippen molar-refractivity contribution in [3.8, 4) is 0 Å². The third kappa shape index (κ3) is 4.23. The van der Waals surface area contributed by atoms with Crippen LogP contribution in [-0.2, 0) is 23.6 Å². The van der Waals surface area contributed by atoms with Gasteiger partial charge in [0.1, 0.15) is 18.1 Å². The van der Waals surface area contributed by atoms with Gasteiger partial charge in [-0.1, -0.05) is 23.9 Å². The number of hydrogen-bond acceptors (Lipinski definition) is 5. The van der Waals surface area contributed by atoms with Gasteiger partial charge in [0.2, 0.25) is 5.91 Å². The first kappa shape index (κ1) is 18.2. The Hall–Kier alpha value is -3.13. The molecule has 0 saturated heterocycles. The minimum absolute atomic E-state index is 0.106. The van der Waals surface area contributed by atoms with E-state index in [1.165, 1.54) is 23.9 Å². The van der Waals surface area contributed by atoms with Crippen molar-refractivity contribution in [2.75, 3.05) is 0 Å². The lowest BCUT2D eigenvalue weighted by atomic mass is 10.2. The fraction of sp³-hybridized carbons (Fsp3) is 0.150. The zero-order valence-electron chi connectivity index (χ0n) is 14.8. The maximum absolute atomic E-state index is 13.4. The van der Waals surface area contributed by atoms with Gasteiger partial charge in [-0.3, -0.25) is 9.78 Å². The molecule has 0 radical (unpaired) electrons. The average Bonchev–Trinajstić information content (AvgIpc) is 3.33. The third-order valence-corrected chi connectivity index (χ3v) is 5.16. The van der Waals surface area contributed by atoms with Gasteiger partial charge < -0.3 is 14.3 Å². The SMILES string of the molecule is O=C(Cn1c(SCc2cccc(F)c2)nc2ccncc21)NCc1ccco1. The number of amides is 1. The van der Waals surface area contributed by atoms with Crippen LogP contribution in [0.1, 0.15) is 11.3 Å². The number of thioether (sulfide) groups is 1. The number of fused-ring (bicyclic) bond motifs is 1. The molecule has 3 aromatic heterocycles. The van der Waals surface area contributed by atoms with Gasteiger partial charge in [-0.25, -0.2) is 9.37 Å². The number of carbonyl (C=O) groups is 1. The Labute approximate surface area is 164 Å². The van der Waals surface area contributed by atoms with Gasteiger partial charge in [0.25, 0.3) is 0 Å². The summed E-state index contributed by atoms with van der Waals surface area (Å²) < 4.78 is 20.5. The maximum Gasteiger partial charge on any atom is 0.240 e. The summed E-state index contributed by atoms with van der Waals surface area (Å²) >= 11 is 1.45. The van der Waals surface area contributed by atoms with Crippen LogP contribution in [0.4, 0.5) is 4.39 Å². The normalized spacial score (nSPS) is 11.0. The number of rotatable bonds is 7. The predicted octanol–water partition coefficient (Wildman–Crippen LogP) is 3.77. The molecule has 0 aliphatic heterocycles. The largest absolute Gasteiger partial charge is 0.467 e. The highest BCUT2D eigenvalue weighted by atomic mass is 32.2. The second kappa shape index (κ2) is 8.26. The van der Waals surface area contributed by atoms with Crippen molar-refractivity contribution in [3.05, 3.63) is 78.3 Å². The number of pyridine rings is 1. The summed E-state index contributed by atoms with van der Waals surface area (Å²) in [5.41, 5.74) is 2.39. The molecule has 0 atom stereocenters. The molecule has 0 aliphatic rings. The van der Waals surface area contributed by atoms with Crippen LogP contribution in [0.15, 0.2) is 70.7 Å². The Morgan fingerprint density at radius 1 is 1.25 bits per heavy atom. The molecule has 0 saturated carbocycles. The number of aromatic nitrogens is 3. The van der Waals surface area contributed by atoms with E-state index in [9.17, 15) is 9.18 Å². The van der Waals surface area contributed by atoms with Crippen molar-refractivity contribution in [2.24, 2.45) is 0 Å². The first-order valence-corrected chi connectivity index (χ1v) is 9.64. The quantitative estimate of drug-likeness (QED) is 0.482. The summed E-state index contributed by atoms with van der Waals surface area (Å²) in [6.07, 6.45) is 4.92. The highest BCUT2D eigenvalue weighted by Gasteiger charge is 2.15. The molecule has 0 aliphatic carbocycles. The van der Waals surface area contributed by atoms with Gasteiger partial charge in [0, 0.05) is 11.9 Å². The minimum Gasteiger partial charge on any atom is -0.467 e. The molecule has 28 heavy (non-hydrogen) atoms. The minimum atomic E-state index is -0.270. The number of nitrogens with one attached hydrogen (secondary N) is 1. The van der Waals surface area contributed by atoms with Crippen molar-refractivity contribution in [1.82, 2.24) is 19.9 Å². The van der Waals surface area contributed by atoms with Gasteiger partial charge in [-0.05, 0) is 35.9 Å². The monoisotopic (exact) mass is 396 g/mol. The molecule has 4 rings (SSSR count). The molecule has 6 nitrogen and oxygen atoms in total. The number of furan rings is 1. The first-order chi connectivity index (χ1) is 13.7. The van der Waals surface area contributed by atoms with E-state index in [1.54, 1.807) is 42.9 Å². The van der Waals surface area contributed by atoms with E-state index in [4.69, 9.17) is 4.42 Å². The van der Waals surface area contributed by atoms with Crippen LogP contribution in [0, 0.1) is 5.82 Å². The summed E-state index contributed by atoms with van der Waals surface area (Å²) in [5.74, 6) is 0.800. The van der Waals surface area contributed by atoms with E-state index < -0.39 is 0 Å². The van der Waals surface area contributed by atoms with Gasteiger partial charge in [-0.15, -0.1) is 0 Å². The van der Waals surface area contributed by atoms with E-state index in [1.807, 2.05) is 10.6 Å². The summed E-state index contributed by atoms with van der Waals surface area (Å²) in [5, 5.41) is 3.52. The lowest BCUT2D eigenvalue weighted by molar-refractivity contribution is -0.122. The summed E-state index contributed by atoms with van der Waals surface area (Å²) in [4.78, 5) is 21.2. The molecule has 142 valence electrons. The highest BCUT2D eigenvalue weighted by molar-refractivity contribution is 7.98. The fourth-order valence-corrected chi connectivity index (χ4v) is 3.74. The van der Waals surface area contributed by atoms with Crippen LogP contribution in [0.3, 0.4) is 0 Å². The molecule has 3 heterocycles. The smallest absolute Gasteiger partial charge is 0.240 e. The van der Waals surface area contributed by atoms with Crippen LogP contribution in [0.5, 0.6) is 0 Å². The van der Waals surface area contributed by atoms with Crippen molar-refractivity contribution < 1.29 is 13.6 Å². The molecule has 8 heteroatoms. The number of benzene rings is 1. The van der Waals surface area contributed by atoms with Gasteiger partial charge in [0.15, 0.2) is 5.16 Å². The van der Waals surface area contributed by atoms with Gasteiger partial charge in [0.05, 0.1) is 30.0 Å². The van der Waals surface area contributed by atoms with Crippen LogP contribution in [0.2, 0.25) is 0 Å². The average molecular weight is 396 g/mol. The molecular formula is C20H17FN4O2S. The molecule has 0 bridgehead atoms. The van der Waals surface area contributed by atoms with E-state index in [0.717, 1.165) is 16.6 Å². The van der Waals surface area contributed by atoms with Crippen LogP contribution >= 0.6 is 11.8 Å². The standard InChI is InChI=1S/C20H17FN4O2S/c21-15-4-1-3-14(9-15)13-28-20-24-17-6-7-22-11-18(17)25(20)12-19(26)23-10-16-5-2-8-27-16/h1-9,11H,10,12-13H2,(H,23,26). The fourth-order valence-electron chi connectivity index (χ4n) is 2.78. The van der Waals surface area contributed by atoms with Crippen LogP contribution in [0.25, 0.3) is 11.0 Å². The van der Waals surface area contributed by atoms with Gasteiger partial charge >= 0.3 is 0 Å². The Morgan fingerprint density at radius 2 is 2.18 bits per heavy atom. The zero-order valence-corrected chi connectivity index (χ0v) is 15.7. The lowest BCUT2D eigenvalue weighted by Gasteiger charge is -2.09. The maximum atomic E-state index is 13.4. The number of halogens is 1. The topological polar surface area (TPSA) is 73.0 Å². The predicted molar refractivity (Wildman–Crippen MR) is 104 cm³/mol. The zero-order chi connectivity index (χ0) is 19.3. The van der Waals surface area contributed by atoms with Gasteiger partial charge in [-0.2, -0.15) is 0 Å². The highest BCUT2D eigenvalue weighted by Crippen LogP contribution is 2.26. The van der Waals surface area contributed by atoms with Crippen molar-refractivity contribution in [1.29, 1.82) is 0 Å². The lowest BCUT2D eigenvalue weighted by Crippen LogP contribution is -2.27. The molecule has 0 spiro atoms. The molecular weight excluding hydrogens is 379 g/mol. The van der Waals surface area contributed by atoms with Crippen LogP contribution in [-0.4, -0.2) is 20.4 Å². The Balaban J connectivity index is 1.52.